The van der Waals surface area contributed by atoms with E-state index in [9.17, 15) is 14.4 Å². The fourth-order valence-corrected chi connectivity index (χ4v) is 6.87. The van der Waals surface area contributed by atoms with Crippen LogP contribution in [0, 0.1) is 18.8 Å². The molecule has 3 amide bonds. The van der Waals surface area contributed by atoms with Gasteiger partial charge in [0, 0.05) is 22.5 Å². The quantitative estimate of drug-likeness (QED) is 0.324. The molecule has 1 fully saturated rings. The minimum absolute atomic E-state index is 0.200. The van der Waals surface area contributed by atoms with Gasteiger partial charge in [0.2, 0.25) is 11.8 Å². The molecule has 0 unspecified atom stereocenters. The van der Waals surface area contributed by atoms with E-state index in [0.717, 1.165) is 27.8 Å². The van der Waals surface area contributed by atoms with Crippen LogP contribution in [0.15, 0.2) is 91.0 Å². The van der Waals surface area contributed by atoms with E-state index < -0.39 is 17.7 Å². The second-order valence-electron chi connectivity index (χ2n) is 10.2. The standard InChI is InChI=1S/C32H23ClN2O3/c1-17-14-15-18(33)16-24(17)34-30(36)23-12-6-7-13-25(23)35-31(37)28-26-19-8-2-3-9-20(19)27(29(28)32(35)38)22-11-5-4-10-21(22)26/h2-16,26-29H,1H3,(H,34,36)/t26?,27?,28-,29-/m1/s1. The molecule has 1 N–H and O–H groups in total. The number of nitrogens with one attached hydrogen (secondary N) is 1. The maximum atomic E-state index is 14.1. The number of hydrogen-bond acceptors (Lipinski definition) is 3. The first-order valence-electron chi connectivity index (χ1n) is 12.7. The smallest absolute Gasteiger partial charge is 0.257 e. The van der Waals surface area contributed by atoms with Crippen LogP contribution in [0.3, 0.4) is 0 Å². The van der Waals surface area contributed by atoms with Crippen molar-refractivity contribution in [2.24, 2.45) is 11.8 Å². The molecule has 4 aromatic rings. The number of imide groups is 1. The molecule has 6 heteroatoms. The van der Waals surface area contributed by atoms with E-state index in [0.29, 0.717) is 16.4 Å². The summed E-state index contributed by atoms with van der Waals surface area (Å²) in [6.07, 6.45) is 0. The number of rotatable bonds is 3. The minimum Gasteiger partial charge on any atom is -0.322 e. The Morgan fingerprint density at radius 3 is 1.79 bits per heavy atom. The second-order valence-corrected chi connectivity index (χ2v) is 10.6. The summed E-state index contributed by atoms with van der Waals surface area (Å²) in [5, 5.41) is 3.41. The zero-order chi connectivity index (χ0) is 26.1. The van der Waals surface area contributed by atoms with Crippen molar-refractivity contribution in [3.63, 3.8) is 0 Å². The molecule has 3 aliphatic carbocycles. The summed E-state index contributed by atoms with van der Waals surface area (Å²) < 4.78 is 0. The van der Waals surface area contributed by atoms with Gasteiger partial charge in [-0.15, -0.1) is 0 Å². The SMILES string of the molecule is Cc1ccc(Cl)cc1NC(=O)c1ccccc1N1C(=O)[C@@H]2C3c4ccccc4C(c4ccccc43)[C@H]2C1=O. The first-order chi connectivity index (χ1) is 18.5. The molecule has 38 heavy (non-hydrogen) atoms. The van der Waals surface area contributed by atoms with Gasteiger partial charge in [0.15, 0.2) is 0 Å². The van der Waals surface area contributed by atoms with Crippen molar-refractivity contribution in [3.05, 3.63) is 129 Å². The Bertz CT molecular complexity index is 1560. The Morgan fingerprint density at radius 2 is 1.24 bits per heavy atom. The van der Waals surface area contributed by atoms with Gasteiger partial charge in [-0.25, -0.2) is 4.90 Å². The molecule has 1 saturated heterocycles. The number of halogens is 1. The summed E-state index contributed by atoms with van der Waals surface area (Å²) in [4.78, 5) is 43.0. The van der Waals surface area contributed by atoms with E-state index in [2.05, 4.69) is 29.6 Å². The highest BCUT2D eigenvalue weighted by atomic mass is 35.5. The molecule has 8 rings (SSSR count). The molecular formula is C32H23ClN2O3. The molecule has 0 spiro atoms. The molecule has 0 saturated carbocycles. The molecule has 2 bridgehead atoms. The summed E-state index contributed by atoms with van der Waals surface area (Å²) in [5.41, 5.74) is 6.45. The highest BCUT2D eigenvalue weighted by Gasteiger charge is 2.62. The van der Waals surface area contributed by atoms with Crippen LogP contribution in [0.4, 0.5) is 11.4 Å². The molecule has 186 valence electrons. The van der Waals surface area contributed by atoms with Crippen molar-refractivity contribution < 1.29 is 14.4 Å². The van der Waals surface area contributed by atoms with E-state index in [4.69, 9.17) is 11.6 Å². The summed E-state index contributed by atoms with van der Waals surface area (Å²) >= 11 is 6.15. The predicted octanol–water partition coefficient (Wildman–Crippen LogP) is 6.30. The second kappa shape index (κ2) is 8.40. The van der Waals surface area contributed by atoms with Crippen molar-refractivity contribution in [1.29, 1.82) is 0 Å². The van der Waals surface area contributed by atoms with E-state index in [1.165, 1.54) is 4.90 Å². The lowest BCUT2D eigenvalue weighted by Crippen LogP contribution is -2.41. The van der Waals surface area contributed by atoms with Gasteiger partial charge in [-0.1, -0.05) is 78.3 Å². The minimum atomic E-state index is -0.511. The normalized spacial score (nSPS) is 22.6. The molecule has 4 aliphatic rings. The highest BCUT2D eigenvalue weighted by Crippen LogP contribution is 2.61. The third kappa shape index (κ3) is 3.15. The fraction of sp³-hybridized carbons (Fsp3) is 0.156. The van der Waals surface area contributed by atoms with E-state index in [1.54, 1.807) is 36.4 Å². The lowest BCUT2D eigenvalue weighted by molar-refractivity contribution is -0.122. The number of para-hydroxylation sites is 1. The van der Waals surface area contributed by atoms with Crippen molar-refractivity contribution in [2.45, 2.75) is 18.8 Å². The Hall–Kier alpha value is -4.22. The largest absolute Gasteiger partial charge is 0.322 e. The molecule has 5 nitrogen and oxygen atoms in total. The Morgan fingerprint density at radius 1 is 0.737 bits per heavy atom. The number of carbonyl (C=O) groups is 3. The Kier molecular flexibility index (Phi) is 5.07. The molecule has 0 aromatic heterocycles. The molecular weight excluding hydrogens is 496 g/mol. The number of nitrogens with zero attached hydrogens (tertiary/aromatic N) is 1. The average molecular weight is 519 g/mol. The topological polar surface area (TPSA) is 66.5 Å². The molecule has 1 heterocycles. The maximum Gasteiger partial charge on any atom is 0.257 e. The zero-order valence-electron chi connectivity index (χ0n) is 20.5. The summed E-state index contributed by atoms with van der Waals surface area (Å²) in [6.45, 7) is 1.88. The summed E-state index contributed by atoms with van der Waals surface area (Å²) in [5.74, 6) is -2.33. The molecule has 0 radical (unpaired) electrons. The number of aryl methyl sites for hydroxylation is 1. The van der Waals surface area contributed by atoms with Crippen LogP contribution in [0.2, 0.25) is 5.02 Å². The van der Waals surface area contributed by atoms with Gasteiger partial charge in [-0.2, -0.15) is 0 Å². The monoisotopic (exact) mass is 518 g/mol. The zero-order valence-corrected chi connectivity index (χ0v) is 21.3. The fourth-order valence-electron chi connectivity index (χ4n) is 6.69. The number of carbonyl (C=O) groups excluding carboxylic acids is 3. The molecule has 1 aliphatic heterocycles. The van der Waals surface area contributed by atoms with Gasteiger partial charge in [-0.3, -0.25) is 14.4 Å². The van der Waals surface area contributed by atoms with Crippen LogP contribution in [0.25, 0.3) is 0 Å². The number of benzene rings is 4. The van der Waals surface area contributed by atoms with Gasteiger partial charge >= 0.3 is 0 Å². The first kappa shape index (κ1) is 22.9. The molecule has 4 aromatic carbocycles. The van der Waals surface area contributed by atoms with Gasteiger partial charge < -0.3 is 5.32 Å². The lowest BCUT2D eigenvalue weighted by Gasteiger charge is -2.45. The number of amides is 3. The van der Waals surface area contributed by atoms with Crippen LogP contribution >= 0.6 is 11.6 Å². The van der Waals surface area contributed by atoms with Gasteiger partial charge in [-0.05, 0) is 59.0 Å². The van der Waals surface area contributed by atoms with Crippen LogP contribution in [-0.4, -0.2) is 17.7 Å². The van der Waals surface area contributed by atoms with Crippen molar-refractivity contribution in [3.8, 4) is 0 Å². The van der Waals surface area contributed by atoms with Gasteiger partial charge in [0.05, 0.1) is 23.1 Å². The average Bonchev–Trinajstić information content (AvgIpc) is 3.20. The Labute approximate surface area is 225 Å². The van der Waals surface area contributed by atoms with Crippen LogP contribution in [-0.2, 0) is 9.59 Å². The van der Waals surface area contributed by atoms with Crippen LogP contribution < -0.4 is 10.2 Å². The van der Waals surface area contributed by atoms with Crippen molar-refractivity contribution in [1.82, 2.24) is 0 Å². The van der Waals surface area contributed by atoms with Gasteiger partial charge in [0.25, 0.3) is 5.91 Å². The first-order valence-corrected chi connectivity index (χ1v) is 13.1. The van der Waals surface area contributed by atoms with E-state index in [-0.39, 0.29) is 29.2 Å². The highest BCUT2D eigenvalue weighted by molar-refractivity contribution is 6.31. The predicted molar refractivity (Wildman–Crippen MR) is 147 cm³/mol. The van der Waals surface area contributed by atoms with Crippen LogP contribution in [0.1, 0.15) is 50.0 Å². The summed E-state index contributed by atoms with van der Waals surface area (Å²) in [6, 6.07) is 28.4. The third-order valence-electron chi connectivity index (χ3n) is 8.29. The Balaban J connectivity index is 1.32. The maximum absolute atomic E-state index is 14.1. The van der Waals surface area contributed by atoms with Gasteiger partial charge in [0.1, 0.15) is 0 Å². The number of hydrogen-bond donors (Lipinski definition) is 1. The van der Waals surface area contributed by atoms with E-state index >= 15 is 0 Å². The lowest BCUT2D eigenvalue weighted by atomic mass is 9.55. The number of anilines is 2. The summed E-state index contributed by atoms with van der Waals surface area (Å²) in [7, 11) is 0. The van der Waals surface area contributed by atoms with Crippen molar-refractivity contribution in [2.75, 3.05) is 10.2 Å². The third-order valence-corrected chi connectivity index (χ3v) is 8.52. The molecule has 2 atom stereocenters. The van der Waals surface area contributed by atoms with Crippen LogP contribution in [0.5, 0.6) is 0 Å². The van der Waals surface area contributed by atoms with Crippen molar-refractivity contribution >= 4 is 40.7 Å². The van der Waals surface area contributed by atoms with E-state index in [1.807, 2.05) is 37.3 Å².